The zero-order valence-corrected chi connectivity index (χ0v) is 18.6. The first-order valence-corrected chi connectivity index (χ1v) is 12.2. The summed E-state index contributed by atoms with van der Waals surface area (Å²) in [6.45, 7) is -0.732. The summed E-state index contributed by atoms with van der Waals surface area (Å²) in [6, 6.07) is 2.76. The van der Waals surface area contributed by atoms with E-state index in [0.717, 1.165) is 0 Å². The number of ether oxygens (including phenoxy) is 1. The largest absolute Gasteiger partial charge is 0.431 e. The summed E-state index contributed by atoms with van der Waals surface area (Å²) in [5.41, 5.74) is 4.99. The van der Waals surface area contributed by atoms with Crippen LogP contribution in [-0.2, 0) is 9.84 Å². The van der Waals surface area contributed by atoms with E-state index in [1.165, 1.54) is 19.2 Å². The minimum atomic E-state index is -3.11. The Morgan fingerprint density at radius 3 is 2.70 bits per heavy atom. The van der Waals surface area contributed by atoms with Crippen molar-refractivity contribution in [1.29, 1.82) is 0 Å². The van der Waals surface area contributed by atoms with E-state index in [0.29, 0.717) is 43.0 Å². The summed E-state index contributed by atoms with van der Waals surface area (Å²) in [5, 5.41) is -0.450. The molecule has 2 aromatic rings. The monoisotopic (exact) mass is 484 g/mol. The van der Waals surface area contributed by atoms with Crippen LogP contribution in [0, 0.1) is 0 Å². The van der Waals surface area contributed by atoms with Crippen molar-refractivity contribution in [1.82, 2.24) is 15.0 Å². The standard InChI is InChI=1S/C20H23F3N6O3S/c1-20(23)2-3-28(10-20)19-26-14(11-4-15(32-18(21)22)17(24)25-7-11)6-16(27-19)29-8-13-5-12(29)9-33(13,30)31/h4,6-7,12-13,18H,2-3,5,8-10H2,1H3,(H2,24,25). The van der Waals surface area contributed by atoms with Crippen molar-refractivity contribution in [2.75, 3.05) is 40.9 Å². The molecule has 5 heterocycles. The lowest BCUT2D eigenvalue weighted by Gasteiger charge is -2.29. The molecular weight excluding hydrogens is 461 g/mol. The fourth-order valence-electron chi connectivity index (χ4n) is 4.72. The van der Waals surface area contributed by atoms with E-state index in [1.54, 1.807) is 11.0 Å². The van der Waals surface area contributed by atoms with Crippen molar-refractivity contribution >= 4 is 27.4 Å². The molecule has 3 aliphatic heterocycles. The third-order valence-electron chi connectivity index (χ3n) is 6.40. The number of aromatic nitrogens is 3. The Labute approximate surface area is 188 Å². The molecule has 3 aliphatic rings. The fraction of sp³-hybridized carbons (Fsp3) is 0.550. The maximum Gasteiger partial charge on any atom is 0.387 e. The molecule has 33 heavy (non-hydrogen) atoms. The molecule has 0 saturated carbocycles. The Morgan fingerprint density at radius 2 is 2.09 bits per heavy atom. The van der Waals surface area contributed by atoms with Gasteiger partial charge in [-0.25, -0.2) is 22.8 Å². The van der Waals surface area contributed by atoms with Crippen LogP contribution in [0.5, 0.6) is 5.75 Å². The van der Waals surface area contributed by atoms with Crippen LogP contribution in [0.2, 0.25) is 0 Å². The fourth-order valence-corrected chi connectivity index (χ4v) is 6.74. The Bertz CT molecular complexity index is 1200. The molecule has 0 aromatic carbocycles. The van der Waals surface area contributed by atoms with E-state index < -0.39 is 27.4 Å². The zero-order chi connectivity index (χ0) is 23.5. The molecule has 0 amide bonds. The number of halogens is 3. The van der Waals surface area contributed by atoms with E-state index in [9.17, 15) is 21.6 Å². The summed E-state index contributed by atoms with van der Waals surface area (Å²) < 4.78 is 68.9. The zero-order valence-electron chi connectivity index (χ0n) is 17.8. The quantitative estimate of drug-likeness (QED) is 0.681. The van der Waals surface area contributed by atoms with Crippen LogP contribution < -0.4 is 20.3 Å². The molecule has 0 aliphatic carbocycles. The minimum absolute atomic E-state index is 0.0500. The predicted molar refractivity (Wildman–Crippen MR) is 116 cm³/mol. The molecule has 3 saturated heterocycles. The van der Waals surface area contributed by atoms with Crippen molar-refractivity contribution in [2.24, 2.45) is 0 Å². The number of nitrogens with zero attached hydrogens (tertiary/aromatic N) is 5. The van der Waals surface area contributed by atoms with Crippen LogP contribution >= 0.6 is 0 Å². The molecule has 3 fully saturated rings. The molecule has 0 radical (unpaired) electrons. The van der Waals surface area contributed by atoms with Crippen LogP contribution in [0.3, 0.4) is 0 Å². The number of nitrogens with two attached hydrogens (primary N) is 1. The van der Waals surface area contributed by atoms with Gasteiger partial charge in [-0.1, -0.05) is 0 Å². The van der Waals surface area contributed by atoms with Gasteiger partial charge in [0.25, 0.3) is 0 Å². The lowest BCUT2D eigenvalue weighted by Crippen LogP contribution is -2.41. The van der Waals surface area contributed by atoms with Crippen molar-refractivity contribution in [3.63, 3.8) is 0 Å². The summed E-state index contributed by atoms with van der Waals surface area (Å²) in [7, 11) is -3.11. The molecule has 13 heteroatoms. The highest BCUT2D eigenvalue weighted by Gasteiger charge is 2.49. The number of sulfone groups is 1. The van der Waals surface area contributed by atoms with E-state index in [2.05, 4.69) is 19.7 Å². The Hall–Kier alpha value is -2.83. The van der Waals surface area contributed by atoms with Gasteiger partial charge in [0.2, 0.25) is 5.95 Å². The predicted octanol–water partition coefficient (Wildman–Crippen LogP) is 2.04. The SMILES string of the molecule is CC1(F)CCN(c2nc(-c3cnc(N)c(OC(F)F)c3)cc(N3CC4CC3CS4(=O)=O)n2)C1. The topological polar surface area (TPSA) is 115 Å². The van der Waals surface area contributed by atoms with Crippen molar-refractivity contribution in [2.45, 2.75) is 43.3 Å². The highest BCUT2D eigenvalue weighted by molar-refractivity contribution is 7.92. The first-order chi connectivity index (χ1) is 15.5. The first-order valence-electron chi connectivity index (χ1n) is 10.5. The molecule has 3 atom stereocenters. The number of hydrogen-bond acceptors (Lipinski definition) is 9. The van der Waals surface area contributed by atoms with Crippen LogP contribution in [0.15, 0.2) is 18.3 Å². The number of anilines is 3. The van der Waals surface area contributed by atoms with Crippen LogP contribution in [0.25, 0.3) is 11.3 Å². The van der Waals surface area contributed by atoms with E-state index in [1.807, 2.05) is 4.90 Å². The van der Waals surface area contributed by atoms with Crippen LogP contribution in [0.4, 0.5) is 30.8 Å². The highest BCUT2D eigenvalue weighted by Crippen LogP contribution is 2.38. The highest BCUT2D eigenvalue weighted by atomic mass is 32.2. The number of pyridine rings is 1. The van der Waals surface area contributed by atoms with Crippen LogP contribution in [-0.4, -0.2) is 72.3 Å². The van der Waals surface area contributed by atoms with Gasteiger partial charge in [-0.3, -0.25) is 0 Å². The van der Waals surface area contributed by atoms with Gasteiger partial charge in [0, 0.05) is 43.4 Å². The number of rotatable bonds is 5. The van der Waals surface area contributed by atoms with Crippen molar-refractivity contribution in [3.05, 3.63) is 18.3 Å². The average Bonchev–Trinajstić information content (AvgIpc) is 3.40. The Kier molecular flexibility index (Phi) is 5.07. The molecule has 5 rings (SSSR count). The average molecular weight is 485 g/mol. The normalized spacial score (nSPS) is 28.2. The van der Waals surface area contributed by atoms with E-state index >= 15 is 0 Å². The summed E-state index contributed by atoms with van der Waals surface area (Å²) in [4.78, 5) is 16.7. The molecule has 178 valence electrons. The first kappa shape index (κ1) is 22.0. The Balaban J connectivity index is 1.56. The second-order valence-corrected chi connectivity index (χ2v) is 11.3. The van der Waals surface area contributed by atoms with Crippen molar-refractivity contribution in [3.8, 4) is 17.0 Å². The third-order valence-corrected chi connectivity index (χ3v) is 8.61. The number of alkyl halides is 3. The minimum Gasteiger partial charge on any atom is -0.431 e. The van der Waals surface area contributed by atoms with E-state index in [-0.39, 0.29) is 35.9 Å². The van der Waals surface area contributed by atoms with Crippen molar-refractivity contribution < 1.29 is 26.3 Å². The van der Waals surface area contributed by atoms with Gasteiger partial charge >= 0.3 is 6.61 Å². The second-order valence-electron chi connectivity index (χ2n) is 8.98. The lowest BCUT2D eigenvalue weighted by atomic mass is 10.1. The number of hydrogen-bond donors (Lipinski definition) is 1. The number of nitrogen functional groups attached to an aromatic ring is 1. The van der Waals surface area contributed by atoms with Crippen LogP contribution in [0.1, 0.15) is 19.8 Å². The molecule has 2 aromatic heterocycles. The summed E-state index contributed by atoms with van der Waals surface area (Å²) in [5.74, 6) is 0.353. The van der Waals surface area contributed by atoms with Gasteiger partial charge in [0.15, 0.2) is 21.4 Å². The Morgan fingerprint density at radius 1 is 1.30 bits per heavy atom. The van der Waals surface area contributed by atoms with Gasteiger partial charge in [-0.15, -0.1) is 0 Å². The van der Waals surface area contributed by atoms with Gasteiger partial charge in [0.05, 0.1) is 23.2 Å². The third kappa shape index (κ3) is 4.13. The molecule has 2 bridgehead atoms. The summed E-state index contributed by atoms with van der Waals surface area (Å²) >= 11 is 0. The molecule has 0 spiro atoms. The molecular formula is C20H23F3N6O3S. The summed E-state index contributed by atoms with van der Waals surface area (Å²) in [6.07, 6.45) is 2.23. The van der Waals surface area contributed by atoms with Gasteiger partial charge in [-0.2, -0.15) is 13.8 Å². The molecule has 3 unspecified atom stereocenters. The second kappa shape index (κ2) is 7.61. The van der Waals surface area contributed by atoms with Gasteiger partial charge < -0.3 is 20.3 Å². The van der Waals surface area contributed by atoms with E-state index in [4.69, 9.17) is 5.73 Å². The lowest BCUT2D eigenvalue weighted by molar-refractivity contribution is -0.0494. The maximum absolute atomic E-state index is 14.5. The molecule has 2 N–H and O–H groups in total. The molecule has 9 nitrogen and oxygen atoms in total. The number of fused-ring (bicyclic) bond motifs is 2. The van der Waals surface area contributed by atoms with Gasteiger partial charge in [-0.05, 0) is 19.4 Å². The smallest absolute Gasteiger partial charge is 0.387 e. The maximum atomic E-state index is 14.5. The van der Waals surface area contributed by atoms with Gasteiger partial charge in [0.1, 0.15) is 11.5 Å².